The van der Waals surface area contributed by atoms with Crippen LogP contribution in [0, 0.1) is 0 Å². The maximum Gasteiger partial charge on any atom is 0.272 e. The van der Waals surface area contributed by atoms with Crippen LogP contribution in [-0.4, -0.2) is 80.4 Å². The van der Waals surface area contributed by atoms with E-state index in [9.17, 15) is 18.7 Å². The Labute approximate surface area is 225 Å². The molecule has 4 rings (SSSR count). The van der Waals surface area contributed by atoms with Crippen molar-refractivity contribution in [2.45, 2.75) is 44.0 Å². The molecule has 0 aliphatic carbocycles. The number of nitrogens with zero attached hydrogens (tertiary/aromatic N) is 2. The molecule has 11 heteroatoms. The number of aliphatic hydroxyl groups excluding tert-OH is 1. The highest BCUT2D eigenvalue weighted by Crippen LogP contribution is 2.35. The summed E-state index contributed by atoms with van der Waals surface area (Å²) < 4.78 is 30.6. The van der Waals surface area contributed by atoms with Gasteiger partial charge >= 0.3 is 0 Å². The zero-order chi connectivity index (χ0) is 26.5. The smallest absolute Gasteiger partial charge is 0.272 e. The summed E-state index contributed by atoms with van der Waals surface area (Å²) in [5.74, 6) is -0.292. The van der Waals surface area contributed by atoms with E-state index in [1.54, 1.807) is 0 Å². The summed E-state index contributed by atoms with van der Waals surface area (Å²) in [5.41, 5.74) is 2.00. The largest absolute Gasteiger partial charge is 0.486 e. The third-order valence-electron chi connectivity index (χ3n) is 6.87. The number of benzene rings is 2. The van der Waals surface area contributed by atoms with Crippen LogP contribution in [-0.2, 0) is 6.54 Å². The molecule has 2 aliphatic rings. The average molecular weight is 557 g/mol. The molecule has 2 atom stereocenters. The number of hydrogen-bond donors (Lipinski definition) is 3. The Morgan fingerprint density at radius 1 is 1.16 bits per heavy atom. The van der Waals surface area contributed by atoms with Crippen LogP contribution < -0.4 is 20.3 Å². The van der Waals surface area contributed by atoms with Crippen molar-refractivity contribution >= 4 is 34.8 Å². The molecule has 0 bridgehead atoms. The number of alkyl halides is 2. The molecule has 37 heavy (non-hydrogen) atoms. The van der Waals surface area contributed by atoms with Gasteiger partial charge in [-0.25, -0.2) is 8.78 Å². The van der Waals surface area contributed by atoms with Crippen LogP contribution in [0.25, 0.3) is 0 Å². The second-order valence-corrected chi connectivity index (χ2v) is 10.3. The molecule has 2 heterocycles. The molecule has 202 valence electrons. The topological polar surface area (TPSA) is 77.1 Å². The Morgan fingerprint density at radius 3 is 2.51 bits per heavy atom. The van der Waals surface area contributed by atoms with Crippen LogP contribution in [0.1, 0.15) is 28.8 Å². The molecule has 2 aromatic rings. The van der Waals surface area contributed by atoms with Gasteiger partial charge in [0.05, 0.1) is 28.4 Å². The quantitative estimate of drug-likeness (QED) is 0.436. The molecular formula is C26H32Cl2F2N4O3. The van der Waals surface area contributed by atoms with E-state index in [2.05, 4.69) is 15.5 Å². The number of carbonyl (C=O) groups excluding carboxylic acids is 1. The number of hydrogen-bond acceptors (Lipinski definition) is 6. The number of β-amino-alcohol motifs (C(OH)–C–C–N with tert-alkyl or cyclic N) is 1. The number of amides is 1. The first kappa shape index (κ1) is 27.9. The minimum atomic E-state index is -2.65. The van der Waals surface area contributed by atoms with Crippen molar-refractivity contribution in [3.05, 3.63) is 57.6 Å². The van der Waals surface area contributed by atoms with E-state index < -0.39 is 19.1 Å². The standard InChI is InChI=1S/C26H32Cl2F2N4O3/c1-31-26(36)19-10-20(28)24(37-15-25(29)30)11-22(19)34-13-21(23(35)14-34)32-18-6-8-33(9-7-18)12-16-2-4-17(27)5-3-16/h2-5,10-11,18,21,23,25,32,35H,6-9,12-15H2,1H3,(H,31,36)/t21-,23-/m0/s1. The predicted octanol–water partition coefficient (Wildman–Crippen LogP) is 3.80. The Morgan fingerprint density at radius 2 is 1.86 bits per heavy atom. The Kier molecular flexibility index (Phi) is 9.47. The van der Waals surface area contributed by atoms with Crippen molar-refractivity contribution < 1.29 is 23.4 Å². The summed E-state index contributed by atoms with van der Waals surface area (Å²) in [4.78, 5) is 16.8. The van der Waals surface area contributed by atoms with E-state index in [1.807, 2.05) is 29.2 Å². The maximum absolute atomic E-state index is 12.7. The number of anilines is 1. The lowest BCUT2D eigenvalue weighted by Crippen LogP contribution is -2.49. The molecule has 3 N–H and O–H groups in total. The molecule has 2 aliphatic heterocycles. The molecule has 7 nitrogen and oxygen atoms in total. The van der Waals surface area contributed by atoms with Crippen molar-refractivity contribution in [3.8, 4) is 5.75 Å². The molecule has 2 aromatic carbocycles. The number of nitrogens with one attached hydrogen (secondary N) is 2. The van der Waals surface area contributed by atoms with Crippen molar-refractivity contribution in [2.24, 2.45) is 0 Å². The summed E-state index contributed by atoms with van der Waals surface area (Å²) in [6.07, 6.45) is -1.41. The van der Waals surface area contributed by atoms with Gasteiger partial charge in [-0.3, -0.25) is 9.69 Å². The summed E-state index contributed by atoms with van der Waals surface area (Å²) in [6, 6.07) is 10.9. The molecule has 0 saturated carbocycles. The van der Waals surface area contributed by atoms with Crippen LogP contribution in [0.3, 0.4) is 0 Å². The predicted molar refractivity (Wildman–Crippen MR) is 141 cm³/mol. The number of piperidine rings is 1. The van der Waals surface area contributed by atoms with Gasteiger partial charge in [-0.1, -0.05) is 35.3 Å². The zero-order valence-corrected chi connectivity index (χ0v) is 22.1. The SMILES string of the molecule is CNC(=O)c1cc(Cl)c(OCC(F)F)cc1N1C[C@H](NC2CCN(Cc3ccc(Cl)cc3)CC2)[C@@H](O)C1. The second kappa shape index (κ2) is 12.6. The lowest BCUT2D eigenvalue weighted by atomic mass is 10.0. The Hall–Kier alpha value is -2.17. The van der Waals surface area contributed by atoms with Gasteiger partial charge < -0.3 is 25.4 Å². The maximum atomic E-state index is 12.7. The molecule has 2 saturated heterocycles. The summed E-state index contributed by atoms with van der Waals surface area (Å²) in [6.45, 7) is 2.69. The van der Waals surface area contributed by atoms with E-state index in [1.165, 1.54) is 24.7 Å². The van der Waals surface area contributed by atoms with Gasteiger partial charge in [0, 0.05) is 43.8 Å². The third-order valence-corrected chi connectivity index (χ3v) is 7.42. The molecule has 2 fully saturated rings. The van der Waals surface area contributed by atoms with Crippen molar-refractivity contribution in [2.75, 3.05) is 44.7 Å². The highest BCUT2D eigenvalue weighted by atomic mass is 35.5. The first-order valence-electron chi connectivity index (χ1n) is 12.4. The molecule has 1 amide bonds. The van der Waals surface area contributed by atoms with Crippen molar-refractivity contribution in [1.82, 2.24) is 15.5 Å². The summed E-state index contributed by atoms with van der Waals surface area (Å²) >= 11 is 12.2. The van der Waals surface area contributed by atoms with Crippen LogP contribution in [0.5, 0.6) is 5.75 Å². The number of halogens is 4. The van der Waals surface area contributed by atoms with Gasteiger partial charge in [0.1, 0.15) is 12.4 Å². The molecule has 0 unspecified atom stereocenters. The van der Waals surface area contributed by atoms with Crippen LogP contribution >= 0.6 is 23.2 Å². The van der Waals surface area contributed by atoms with Crippen molar-refractivity contribution in [3.63, 3.8) is 0 Å². The molecule has 0 spiro atoms. The van der Waals surface area contributed by atoms with E-state index >= 15 is 0 Å². The third kappa shape index (κ3) is 7.23. The fraction of sp³-hybridized carbons (Fsp3) is 0.500. The molecule has 0 radical (unpaired) electrons. The van der Waals surface area contributed by atoms with E-state index in [4.69, 9.17) is 27.9 Å². The van der Waals surface area contributed by atoms with E-state index in [0.29, 0.717) is 17.8 Å². The Balaban J connectivity index is 1.38. The van der Waals surface area contributed by atoms with Gasteiger partial charge in [-0.2, -0.15) is 0 Å². The number of rotatable bonds is 9. The first-order chi connectivity index (χ1) is 17.7. The fourth-order valence-corrected chi connectivity index (χ4v) is 5.28. The molecule has 0 aromatic heterocycles. The van der Waals surface area contributed by atoms with E-state index in [0.717, 1.165) is 37.5 Å². The van der Waals surface area contributed by atoms with Gasteiger partial charge in [0.15, 0.2) is 0 Å². The van der Waals surface area contributed by atoms with Crippen molar-refractivity contribution in [1.29, 1.82) is 0 Å². The average Bonchev–Trinajstić information content (AvgIpc) is 3.24. The fourth-order valence-electron chi connectivity index (χ4n) is 4.94. The van der Waals surface area contributed by atoms with Gasteiger partial charge in [-0.15, -0.1) is 0 Å². The Bertz CT molecular complexity index is 1070. The highest BCUT2D eigenvalue weighted by Gasteiger charge is 2.35. The number of aliphatic hydroxyl groups is 1. The number of likely N-dealkylation sites (tertiary alicyclic amines) is 1. The van der Waals surface area contributed by atoms with Crippen LogP contribution in [0.2, 0.25) is 10.0 Å². The zero-order valence-electron chi connectivity index (χ0n) is 20.6. The summed E-state index contributed by atoms with van der Waals surface area (Å²) in [5, 5.41) is 17.8. The normalized spacial score (nSPS) is 21.0. The highest BCUT2D eigenvalue weighted by molar-refractivity contribution is 6.32. The summed E-state index contributed by atoms with van der Waals surface area (Å²) in [7, 11) is 1.50. The number of ether oxygens (including phenoxy) is 1. The lowest BCUT2D eigenvalue weighted by molar-refractivity contribution is 0.0819. The minimum absolute atomic E-state index is 0.0720. The first-order valence-corrected chi connectivity index (χ1v) is 13.1. The number of carbonyl (C=O) groups is 1. The monoisotopic (exact) mass is 556 g/mol. The van der Waals surface area contributed by atoms with Gasteiger partial charge in [0.25, 0.3) is 12.3 Å². The van der Waals surface area contributed by atoms with Gasteiger partial charge in [-0.05, 0) is 49.7 Å². The second-order valence-electron chi connectivity index (χ2n) is 9.50. The van der Waals surface area contributed by atoms with Crippen LogP contribution in [0.15, 0.2) is 36.4 Å². The van der Waals surface area contributed by atoms with Gasteiger partial charge in [0.2, 0.25) is 0 Å². The lowest BCUT2D eigenvalue weighted by Gasteiger charge is -2.34. The van der Waals surface area contributed by atoms with Crippen LogP contribution in [0.4, 0.5) is 14.5 Å². The minimum Gasteiger partial charge on any atom is -0.486 e. The molecular weight excluding hydrogens is 525 g/mol. The van der Waals surface area contributed by atoms with E-state index in [-0.39, 0.29) is 35.3 Å².